The van der Waals surface area contributed by atoms with Crippen molar-refractivity contribution in [3.05, 3.63) is 48.6 Å². The molecule has 0 aromatic heterocycles. The van der Waals surface area contributed by atoms with E-state index in [4.69, 9.17) is 5.73 Å². The minimum atomic E-state index is -0.661. The number of amides is 2. The minimum absolute atomic E-state index is 0.386. The first-order valence-corrected chi connectivity index (χ1v) is 9.95. The molecule has 27 heavy (non-hydrogen) atoms. The molecule has 0 bridgehead atoms. The second kappa shape index (κ2) is 20.0. The van der Waals surface area contributed by atoms with Crippen LogP contribution in [0.25, 0.3) is 0 Å². The van der Waals surface area contributed by atoms with Gasteiger partial charge in [0.25, 0.3) is 5.91 Å². The Bertz CT molecular complexity index is 494. The smallest absolute Gasteiger partial charge is 0.407 e. The molecule has 0 heterocycles. The molecular formula is C22H36N2O3. The monoisotopic (exact) mass is 376 g/mol. The zero-order valence-corrected chi connectivity index (χ0v) is 16.7. The summed E-state index contributed by atoms with van der Waals surface area (Å²) in [6, 6.07) is 0. The third kappa shape index (κ3) is 21.7. The SMILES string of the molecule is CCCCCC=CCC=CCC=CCC=CCCCNC(=O)OCC(N)=O. The van der Waals surface area contributed by atoms with Crippen LogP contribution in [0.15, 0.2) is 48.6 Å². The van der Waals surface area contributed by atoms with Crippen molar-refractivity contribution in [2.45, 2.75) is 64.7 Å². The zero-order chi connectivity index (χ0) is 20.0. The lowest BCUT2D eigenvalue weighted by Crippen LogP contribution is -2.29. The number of allylic oxidation sites excluding steroid dienone is 8. The number of hydrogen-bond acceptors (Lipinski definition) is 3. The zero-order valence-electron chi connectivity index (χ0n) is 16.7. The number of rotatable bonds is 16. The van der Waals surface area contributed by atoms with Gasteiger partial charge >= 0.3 is 6.09 Å². The molecule has 0 aliphatic rings. The number of primary amides is 1. The fourth-order valence-electron chi connectivity index (χ4n) is 2.16. The quantitative estimate of drug-likeness (QED) is 0.295. The highest BCUT2D eigenvalue weighted by Crippen LogP contribution is 2.01. The molecule has 0 saturated carbocycles. The Hall–Kier alpha value is -2.30. The third-order valence-corrected chi connectivity index (χ3v) is 3.62. The van der Waals surface area contributed by atoms with Crippen molar-refractivity contribution in [3.8, 4) is 0 Å². The molecule has 0 aliphatic heterocycles. The van der Waals surface area contributed by atoms with E-state index in [2.05, 4.69) is 65.6 Å². The normalized spacial score (nSPS) is 11.9. The number of nitrogens with two attached hydrogens (primary N) is 1. The van der Waals surface area contributed by atoms with Crippen molar-refractivity contribution >= 4 is 12.0 Å². The van der Waals surface area contributed by atoms with Crippen LogP contribution in [-0.2, 0) is 9.53 Å². The summed E-state index contributed by atoms with van der Waals surface area (Å²) in [7, 11) is 0. The van der Waals surface area contributed by atoms with Crippen LogP contribution in [-0.4, -0.2) is 25.2 Å². The number of ether oxygens (including phenoxy) is 1. The number of carbonyl (C=O) groups excluding carboxylic acids is 2. The van der Waals surface area contributed by atoms with Crippen LogP contribution >= 0.6 is 0 Å². The highest BCUT2D eigenvalue weighted by atomic mass is 16.6. The summed E-state index contributed by atoms with van der Waals surface area (Å²) in [6.07, 6.45) is 26.5. The van der Waals surface area contributed by atoms with Gasteiger partial charge in [0.05, 0.1) is 0 Å². The van der Waals surface area contributed by atoms with Crippen LogP contribution in [0.2, 0.25) is 0 Å². The van der Waals surface area contributed by atoms with Gasteiger partial charge in [-0.15, -0.1) is 0 Å². The first kappa shape index (κ1) is 24.7. The van der Waals surface area contributed by atoms with Gasteiger partial charge in [0.15, 0.2) is 6.61 Å². The van der Waals surface area contributed by atoms with E-state index in [-0.39, 0.29) is 6.61 Å². The molecule has 2 amide bonds. The standard InChI is InChI=1S/C22H36N2O3/c1-2-3-4-5-6-7-8-9-10-11-12-13-14-15-16-17-18-19-24-22(26)27-20-21(23)25/h6-7,9-10,12-13,15-16H,2-5,8,11,14,17-20H2,1H3,(H2,23,25)(H,24,26). The minimum Gasteiger partial charge on any atom is -0.439 e. The second-order valence-electron chi connectivity index (χ2n) is 6.20. The maximum Gasteiger partial charge on any atom is 0.407 e. The molecule has 0 aromatic rings. The predicted molar refractivity (Wildman–Crippen MR) is 112 cm³/mol. The van der Waals surface area contributed by atoms with E-state index in [1.165, 1.54) is 25.7 Å². The topological polar surface area (TPSA) is 81.4 Å². The predicted octanol–water partition coefficient (Wildman–Crippen LogP) is 4.95. The lowest BCUT2D eigenvalue weighted by molar-refractivity contribution is -0.120. The van der Waals surface area contributed by atoms with Crippen molar-refractivity contribution in [2.75, 3.05) is 13.2 Å². The van der Waals surface area contributed by atoms with Crippen molar-refractivity contribution in [3.63, 3.8) is 0 Å². The highest BCUT2D eigenvalue weighted by Gasteiger charge is 2.02. The molecule has 152 valence electrons. The van der Waals surface area contributed by atoms with Crippen LogP contribution in [0, 0.1) is 0 Å². The summed E-state index contributed by atoms with van der Waals surface area (Å²) in [5.74, 6) is -0.661. The largest absolute Gasteiger partial charge is 0.439 e. The summed E-state index contributed by atoms with van der Waals surface area (Å²) in [6.45, 7) is 2.35. The molecule has 0 aliphatic carbocycles. The van der Waals surface area contributed by atoms with Gasteiger partial charge in [-0.25, -0.2) is 4.79 Å². The maximum atomic E-state index is 11.1. The Morgan fingerprint density at radius 3 is 1.85 bits per heavy atom. The van der Waals surface area contributed by atoms with E-state index in [1.807, 2.05) is 0 Å². The summed E-state index contributed by atoms with van der Waals surface area (Å²) < 4.78 is 4.58. The van der Waals surface area contributed by atoms with Crippen molar-refractivity contribution in [2.24, 2.45) is 5.73 Å². The van der Waals surface area contributed by atoms with E-state index < -0.39 is 12.0 Å². The van der Waals surface area contributed by atoms with E-state index >= 15 is 0 Å². The Labute approximate surface area is 164 Å². The van der Waals surface area contributed by atoms with E-state index in [1.54, 1.807) is 0 Å². The molecule has 0 radical (unpaired) electrons. The lowest BCUT2D eigenvalue weighted by atomic mass is 10.2. The first-order chi connectivity index (χ1) is 13.2. The molecule has 0 spiro atoms. The number of carbonyl (C=O) groups is 2. The van der Waals surface area contributed by atoms with Crippen LogP contribution in [0.1, 0.15) is 64.7 Å². The van der Waals surface area contributed by atoms with Gasteiger partial charge in [0.1, 0.15) is 0 Å². The summed E-state index contributed by atoms with van der Waals surface area (Å²) in [5, 5.41) is 2.56. The molecular weight excluding hydrogens is 340 g/mol. The van der Waals surface area contributed by atoms with Gasteiger partial charge in [0, 0.05) is 6.54 Å². The average molecular weight is 377 g/mol. The lowest BCUT2D eigenvalue weighted by Gasteiger charge is -2.03. The van der Waals surface area contributed by atoms with Gasteiger partial charge in [-0.3, -0.25) is 4.79 Å². The molecule has 0 saturated heterocycles. The van der Waals surface area contributed by atoms with E-state index in [9.17, 15) is 9.59 Å². The van der Waals surface area contributed by atoms with Crippen molar-refractivity contribution < 1.29 is 14.3 Å². The number of alkyl carbamates (subject to hydrolysis) is 1. The Morgan fingerprint density at radius 1 is 0.815 bits per heavy atom. The Kier molecular flexibility index (Phi) is 18.3. The van der Waals surface area contributed by atoms with Crippen molar-refractivity contribution in [1.29, 1.82) is 0 Å². The first-order valence-electron chi connectivity index (χ1n) is 9.95. The maximum absolute atomic E-state index is 11.1. The molecule has 0 atom stereocenters. The molecule has 5 nitrogen and oxygen atoms in total. The van der Waals surface area contributed by atoms with Gasteiger partial charge in [-0.05, 0) is 44.9 Å². The Balaban J connectivity index is 3.46. The highest BCUT2D eigenvalue weighted by molar-refractivity contribution is 5.78. The van der Waals surface area contributed by atoms with E-state index in [0.717, 1.165) is 32.1 Å². The van der Waals surface area contributed by atoms with Gasteiger partial charge in [0.2, 0.25) is 0 Å². The Morgan fingerprint density at radius 2 is 1.33 bits per heavy atom. The van der Waals surface area contributed by atoms with E-state index in [0.29, 0.717) is 6.54 Å². The number of unbranched alkanes of at least 4 members (excludes halogenated alkanes) is 4. The number of hydrogen-bond donors (Lipinski definition) is 2. The summed E-state index contributed by atoms with van der Waals surface area (Å²) >= 11 is 0. The fourth-order valence-corrected chi connectivity index (χ4v) is 2.16. The molecule has 0 unspecified atom stereocenters. The van der Waals surface area contributed by atoms with Gasteiger partial charge < -0.3 is 15.8 Å². The van der Waals surface area contributed by atoms with Crippen molar-refractivity contribution in [1.82, 2.24) is 5.32 Å². The summed E-state index contributed by atoms with van der Waals surface area (Å²) in [5.41, 5.74) is 4.87. The molecule has 3 N–H and O–H groups in total. The molecule has 0 fully saturated rings. The molecule has 0 aromatic carbocycles. The fraction of sp³-hybridized carbons (Fsp3) is 0.545. The number of nitrogens with one attached hydrogen (secondary N) is 1. The second-order valence-corrected chi connectivity index (χ2v) is 6.20. The van der Waals surface area contributed by atoms with Crippen LogP contribution in [0.3, 0.4) is 0 Å². The van der Waals surface area contributed by atoms with Gasteiger partial charge in [-0.2, -0.15) is 0 Å². The van der Waals surface area contributed by atoms with Gasteiger partial charge in [-0.1, -0.05) is 68.4 Å². The summed E-state index contributed by atoms with van der Waals surface area (Å²) in [4.78, 5) is 21.6. The molecule has 0 rings (SSSR count). The van der Waals surface area contributed by atoms with Crippen LogP contribution in [0.4, 0.5) is 4.79 Å². The van der Waals surface area contributed by atoms with Crippen LogP contribution < -0.4 is 11.1 Å². The van der Waals surface area contributed by atoms with Crippen LogP contribution in [0.5, 0.6) is 0 Å². The molecule has 5 heteroatoms. The third-order valence-electron chi connectivity index (χ3n) is 3.62. The average Bonchev–Trinajstić information content (AvgIpc) is 2.65.